The maximum atomic E-state index is 12.8. The lowest BCUT2D eigenvalue weighted by Gasteiger charge is -2.12. The van der Waals surface area contributed by atoms with E-state index < -0.39 is 15.9 Å². The Balaban J connectivity index is 1.53. The zero-order chi connectivity index (χ0) is 23.6. The Bertz CT molecular complexity index is 1320. The first-order valence-electron chi connectivity index (χ1n) is 10.9. The van der Waals surface area contributed by atoms with Crippen molar-refractivity contribution in [3.8, 4) is 11.3 Å². The molecular formula is C24H26N4O4S. The molecule has 4 rings (SSSR count). The van der Waals surface area contributed by atoms with Gasteiger partial charge in [-0.05, 0) is 42.3 Å². The number of benzene rings is 1. The summed E-state index contributed by atoms with van der Waals surface area (Å²) in [6.45, 7) is 2.22. The quantitative estimate of drug-likeness (QED) is 0.530. The van der Waals surface area contributed by atoms with Crippen molar-refractivity contribution in [1.29, 1.82) is 0 Å². The third-order valence-corrected chi connectivity index (χ3v) is 7.32. The molecule has 0 radical (unpaired) electrons. The lowest BCUT2D eigenvalue weighted by Crippen LogP contribution is -2.26. The largest absolute Gasteiger partial charge is 0.322 e. The van der Waals surface area contributed by atoms with Crippen molar-refractivity contribution in [2.45, 2.75) is 37.0 Å². The van der Waals surface area contributed by atoms with Crippen LogP contribution in [0.15, 0.2) is 64.4 Å². The van der Waals surface area contributed by atoms with Gasteiger partial charge < -0.3 is 9.88 Å². The van der Waals surface area contributed by atoms with Crippen LogP contribution in [0.2, 0.25) is 0 Å². The van der Waals surface area contributed by atoms with E-state index in [-0.39, 0.29) is 22.9 Å². The molecule has 1 amide bonds. The van der Waals surface area contributed by atoms with E-state index >= 15 is 0 Å². The van der Waals surface area contributed by atoms with Crippen molar-refractivity contribution in [3.05, 3.63) is 76.3 Å². The molecule has 2 N–H and O–H groups in total. The first kappa shape index (κ1) is 22.9. The van der Waals surface area contributed by atoms with Crippen molar-refractivity contribution >= 4 is 21.6 Å². The lowest BCUT2D eigenvalue weighted by molar-refractivity contribution is -0.119. The second-order valence-electron chi connectivity index (χ2n) is 8.04. The number of nitrogens with zero attached hydrogens (tertiary/aromatic N) is 2. The molecule has 9 heteroatoms. The van der Waals surface area contributed by atoms with Gasteiger partial charge >= 0.3 is 0 Å². The standard InChI is InChI=1S/C24H26N4O4S/c1-3-6-19-22-21(28(2)24(19)30)15-20(27-23(22)29)16-8-10-18(11-9-16)33(31,32)26-14-12-17-7-4-5-13-25-17/h4-5,7-11,13,15,19,26H,3,6,12,14H2,1-2H3,(H,27,29). The molecule has 0 aliphatic carbocycles. The Kier molecular flexibility index (Phi) is 6.44. The third kappa shape index (κ3) is 4.60. The van der Waals surface area contributed by atoms with Crippen LogP contribution in [0.1, 0.15) is 36.9 Å². The summed E-state index contributed by atoms with van der Waals surface area (Å²) in [6, 6.07) is 13.6. The van der Waals surface area contributed by atoms with Gasteiger partial charge in [0.2, 0.25) is 15.9 Å². The number of anilines is 1. The summed E-state index contributed by atoms with van der Waals surface area (Å²) in [6.07, 6.45) is 3.58. The van der Waals surface area contributed by atoms with Crippen LogP contribution < -0.4 is 15.2 Å². The van der Waals surface area contributed by atoms with Gasteiger partial charge in [0.25, 0.3) is 5.56 Å². The summed E-state index contributed by atoms with van der Waals surface area (Å²) in [5, 5.41) is 0. The Hall–Kier alpha value is -3.30. The minimum atomic E-state index is -3.68. The lowest BCUT2D eigenvalue weighted by atomic mass is 9.96. The Morgan fingerprint density at radius 3 is 2.55 bits per heavy atom. The average Bonchev–Trinajstić information content (AvgIpc) is 3.05. The second kappa shape index (κ2) is 9.29. The molecule has 1 aliphatic heterocycles. The third-order valence-electron chi connectivity index (χ3n) is 5.84. The highest BCUT2D eigenvalue weighted by molar-refractivity contribution is 7.89. The molecule has 0 spiro atoms. The van der Waals surface area contributed by atoms with Gasteiger partial charge in [-0.1, -0.05) is 31.5 Å². The van der Waals surface area contributed by atoms with Gasteiger partial charge in [-0.15, -0.1) is 0 Å². The fraction of sp³-hybridized carbons (Fsp3) is 0.292. The molecule has 0 saturated carbocycles. The fourth-order valence-electron chi connectivity index (χ4n) is 4.12. The Morgan fingerprint density at radius 2 is 1.88 bits per heavy atom. The van der Waals surface area contributed by atoms with Crippen LogP contribution in [0.25, 0.3) is 11.3 Å². The van der Waals surface area contributed by atoms with E-state index in [2.05, 4.69) is 14.7 Å². The Labute approximate surface area is 192 Å². The molecule has 2 aromatic heterocycles. The van der Waals surface area contributed by atoms with Crippen LogP contribution >= 0.6 is 0 Å². The number of hydrogen-bond donors (Lipinski definition) is 2. The van der Waals surface area contributed by atoms with Crippen molar-refractivity contribution in [1.82, 2.24) is 14.7 Å². The summed E-state index contributed by atoms with van der Waals surface area (Å²) in [7, 11) is -2.01. The molecule has 0 saturated heterocycles. The van der Waals surface area contributed by atoms with E-state index in [0.29, 0.717) is 35.3 Å². The minimum Gasteiger partial charge on any atom is -0.322 e. The number of hydrogen-bond acceptors (Lipinski definition) is 5. The van der Waals surface area contributed by atoms with Crippen LogP contribution in [-0.4, -0.2) is 37.9 Å². The van der Waals surface area contributed by atoms with E-state index in [4.69, 9.17) is 0 Å². The monoisotopic (exact) mass is 466 g/mol. The number of fused-ring (bicyclic) bond motifs is 1. The number of aromatic nitrogens is 2. The predicted molar refractivity (Wildman–Crippen MR) is 127 cm³/mol. The van der Waals surface area contributed by atoms with Gasteiger partial charge in [-0.3, -0.25) is 14.6 Å². The zero-order valence-electron chi connectivity index (χ0n) is 18.5. The molecule has 3 aromatic rings. The van der Waals surface area contributed by atoms with Crippen LogP contribution in [0.4, 0.5) is 5.69 Å². The molecule has 1 atom stereocenters. The summed E-state index contributed by atoms with van der Waals surface area (Å²) in [5.74, 6) is -0.495. The predicted octanol–water partition coefficient (Wildman–Crippen LogP) is 2.82. The normalized spacial score (nSPS) is 15.6. The van der Waals surface area contributed by atoms with Gasteiger partial charge in [0.05, 0.1) is 27.8 Å². The molecule has 1 unspecified atom stereocenters. The number of amides is 1. The van der Waals surface area contributed by atoms with Gasteiger partial charge in [0, 0.05) is 31.9 Å². The number of carbonyl (C=O) groups excluding carboxylic acids is 1. The molecule has 0 bridgehead atoms. The van der Waals surface area contributed by atoms with Gasteiger partial charge in [-0.25, -0.2) is 13.1 Å². The fourth-order valence-corrected chi connectivity index (χ4v) is 5.15. The number of sulfonamides is 1. The van der Waals surface area contributed by atoms with E-state index in [1.54, 1.807) is 31.4 Å². The van der Waals surface area contributed by atoms with Crippen LogP contribution in [0.5, 0.6) is 0 Å². The number of pyridine rings is 2. The van der Waals surface area contributed by atoms with E-state index in [0.717, 1.165) is 12.1 Å². The van der Waals surface area contributed by atoms with Crippen molar-refractivity contribution in [3.63, 3.8) is 0 Å². The number of likely N-dealkylation sites (N-methyl/N-ethyl adjacent to an activating group) is 1. The summed E-state index contributed by atoms with van der Waals surface area (Å²) in [5.41, 5.74) is 2.81. The van der Waals surface area contributed by atoms with E-state index in [1.165, 1.54) is 17.0 Å². The Morgan fingerprint density at radius 1 is 1.12 bits per heavy atom. The van der Waals surface area contributed by atoms with Gasteiger partial charge in [0.15, 0.2) is 0 Å². The summed E-state index contributed by atoms with van der Waals surface area (Å²) in [4.78, 5) is 34.1. The number of nitrogens with one attached hydrogen (secondary N) is 2. The zero-order valence-corrected chi connectivity index (χ0v) is 19.4. The van der Waals surface area contributed by atoms with Crippen LogP contribution in [0, 0.1) is 0 Å². The first-order valence-corrected chi connectivity index (χ1v) is 12.3. The number of H-pyrrole nitrogens is 1. The van der Waals surface area contributed by atoms with Gasteiger partial charge in [-0.2, -0.15) is 0 Å². The topological polar surface area (TPSA) is 112 Å². The summed E-state index contributed by atoms with van der Waals surface area (Å²) >= 11 is 0. The van der Waals surface area contributed by atoms with Crippen molar-refractivity contribution in [2.75, 3.05) is 18.5 Å². The molecule has 3 heterocycles. The maximum absolute atomic E-state index is 12.8. The minimum absolute atomic E-state index is 0.0762. The molecule has 8 nitrogen and oxygen atoms in total. The number of rotatable bonds is 8. The van der Waals surface area contributed by atoms with Crippen LogP contribution in [0.3, 0.4) is 0 Å². The number of aromatic amines is 1. The first-order chi connectivity index (χ1) is 15.8. The highest BCUT2D eigenvalue weighted by Crippen LogP contribution is 2.38. The molecule has 0 fully saturated rings. The highest BCUT2D eigenvalue weighted by atomic mass is 32.2. The smallest absolute Gasteiger partial charge is 0.254 e. The van der Waals surface area contributed by atoms with E-state index in [9.17, 15) is 18.0 Å². The van der Waals surface area contributed by atoms with Crippen molar-refractivity contribution in [2.24, 2.45) is 0 Å². The van der Waals surface area contributed by atoms with Gasteiger partial charge in [0.1, 0.15) is 0 Å². The molecule has 1 aliphatic rings. The van der Waals surface area contributed by atoms with Crippen molar-refractivity contribution < 1.29 is 13.2 Å². The molecule has 172 valence electrons. The molecule has 33 heavy (non-hydrogen) atoms. The average molecular weight is 467 g/mol. The van der Waals surface area contributed by atoms with E-state index in [1.807, 2.05) is 25.1 Å². The SMILES string of the molecule is CCCC1C(=O)N(C)c2cc(-c3ccc(S(=O)(=O)NCCc4ccccn4)cc3)[nH]c(=O)c21. The molecule has 1 aromatic carbocycles. The highest BCUT2D eigenvalue weighted by Gasteiger charge is 2.37. The summed E-state index contributed by atoms with van der Waals surface area (Å²) < 4.78 is 27.8. The number of carbonyl (C=O) groups is 1. The second-order valence-corrected chi connectivity index (χ2v) is 9.81. The maximum Gasteiger partial charge on any atom is 0.254 e. The molecular weight excluding hydrogens is 440 g/mol. The van der Waals surface area contributed by atoms with Crippen LogP contribution in [-0.2, 0) is 21.2 Å².